The minimum absolute atomic E-state index is 0. The largest absolute Gasteiger partial charge is 0.315 e. The first-order valence-corrected chi connectivity index (χ1v) is 7.23. The van der Waals surface area contributed by atoms with Gasteiger partial charge in [-0.2, -0.15) is 0 Å². The van der Waals surface area contributed by atoms with Crippen LogP contribution in [0.1, 0.15) is 25.3 Å². The van der Waals surface area contributed by atoms with Crippen LogP contribution in [0, 0.1) is 0 Å². The second-order valence-corrected chi connectivity index (χ2v) is 5.85. The van der Waals surface area contributed by atoms with Gasteiger partial charge in [0, 0.05) is 19.1 Å². The molecule has 17 heavy (non-hydrogen) atoms. The molecule has 1 fully saturated rings. The molecule has 1 aromatic heterocycles. The van der Waals surface area contributed by atoms with Gasteiger partial charge in [0.05, 0.1) is 4.34 Å². The fourth-order valence-electron chi connectivity index (χ4n) is 2.28. The van der Waals surface area contributed by atoms with Gasteiger partial charge in [-0.3, -0.25) is 4.90 Å². The van der Waals surface area contributed by atoms with Gasteiger partial charge in [0.15, 0.2) is 0 Å². The number of nitrogens with zero attached hydrogens (tertiary/aromatic N) is 1. The summed E-state index contributed by atoms with van der Waals surface area (Å²) in [4.78, 5) is 2.56. The van der Waals surface area contributed by atoms with Crippen molar-refractivity contribution in [2.75, 3.05) is 19.6 Å². The molecular formula is C12H20Cl2N2S. The Hall–Kier alpha value is 0.200. The second kappa shape index (κ2) is 7.59. The van der Waals surface area contributed by atoms with E-state index in [9.17, 15) is 0 Å². The molecule has 1 saturated heterocycles. The van der Waals surface area contributed by atoms with Gasteiger partial charge in [-0.15, -0.1) is 23.7 Å². The van der Waals surface area contributed by atoms with Gasteiger partial charge in [0.25, 0.3) is 0 Å². The van der Waals surface area contributed by atoms with Crippen LogP contribution in [0.4, 0.5) is 0 Å². The highest BCUT2D eigenvalue weighted by atomic mass is 35.5. The standard InChI is InChI=1S/C12H19ClN2S.ClH/c1-2-6-15(11-3-5-14-8-11)9-10-4-7-16-12(10)13;/h4,7,11,14H,2-3,5-6,8-9H2,1H3;1H. The van der Waals surface area contributed by atoms with E-state index in [1.54, 1.807) is 11.3 Å². The van der Waals surface area contributed by atoms with Crippen molar-refractivity contribution in [2.45, 2.75) is 32.4 Å². The molecule has 0 aliphatic carbocycles. The van der Waals surface area contributed by atoms with Crippen LogP contribution in [0.5, 0.6) is 0 Å². The van der Waals surface area contributed by atoms with E-state index in [4.69, 9.17) is 11.6 Å². The number of rotatable bonds is 5. The predicted molar refractivity (Wildman–Crippen MR) is 78.6 cm³/mol. The molecule has 0 amide bonds. The third kappa shape index (κ3) is 4.11. The number of nitrogens with one attached hydrogen (secondary N) is 1. The van der Waals surface area contributed by atoms with E-state index in [1.165, 1.54) is 24.9 Å². The van der Waals surface area contributed by atoms with Crippen LogP contribution < -0.4 is 5.32 Å². The molecule has 0 bridgehead atoms. The van der Waals surface area contributed by atoms with E-state index >= 15 is 0 Å². The van der Waals surface area contributed by atoms with E-state index in [1.807, 2.05) is 0 Å². The summed E-state index contributed by atoms with van der Waals surface area (Å²) >= 11 is 7.80. The topological polar surface area (TPSA) is 15.3 Å². The molecule has 1 aromatic rings. The molecule has 1 N–H and O–H groups in total. The van der Waals surface area contributed by atoms with E-state index in [0.717, 1.165) is 24.0 Å². The molecule has 2 heterocycles. The van der Waals surface area contributed by atoms with Crippen LogP contribution in [0.15, 0.2) is 11.4 Å². The maximum Gasteiger partial charge on any atom is 0.0973 e. The molecule has 2 nitrogen and oxygen atoms in total. The average molecular weight is 295 g/mol. The first-order chi connectivity index (χ1) is 7.81. The van der Waals surface area contributed by atoms with Crippen LogP contribution in [-0.2, 0) is 6.54 Å². The summed E-state index contributed by atoms with van der Waals surface area (Å²) in [6.07, 6.45) is 2.47. The lowest BCUT2D eigenvalue weighted by atomic mass is 10.2. The molecule has 0 radical (unpaired) electrons. The van der Waals surface area contributed by atoms with Gasteiger partial charge in [-0.1, -0.05) is 18.5 Å². The number of hydrogen-bond acceptors (Lipinski definition) is 3. The van der Waals surface area contributed by atoms with Crippen LogP contribution in [0.2, 0.25) is 4.34 Å². The van der Waals surface area contributed by atoms with Gasteiger partial charge in [-0.25, -0.2) is 0 Å². The van der Waals surface area contributed by atoms with E-state index in [0.29, 0.717) is 6.04 Å². The third-order valence-corrected chi connectivity index (χ3v) is 4.38. The quantitative estimate of drug-likeness (QED) is 0.895. The van der Waals surface area contributed by atoms with Gasteiger partial charge in [0.2, 0.25) is 0 Å². The molecule has 0 saturated carbocycles. The lowest BCUT2D eigenvalue weighted by Gasteiger charge is -2.27. The Bertz CT molecular complexity index is 324. The van der Waals surface area contributed by atoms with Crippen molar-refractivity contribution < 1.29 is 0 Å². The highest BCUT2D eigenvalue weighted by molar-refractivity contribution is 7.14. The van der Waals surface area contributed by atoms with E-state index in [-0.39, 0.29) is 12.4 Å². The summed E-state index contributed by atoms with van der Waals surface area (Å²) < 4.78 is 0.951. The first-order valence-electron chi connectivity index (χ1n) is 5.98. The summed E-state index contributed by atoms with van der Waals surface area (Å²) in [5.41, 5.74) is 1.28. The first kappa shape index (κ1) is 15.3. The van der Waals surface area contributed by atoms with Gasteiger partial charge in [0.1, 0.15) is 0 Å². The monoisotopic (exact) mass is 294 g/mol. The molecule has 1 unspecified atom stereocenters. The predicted octanol–water partition coefficient (Wildman–Crippen LogP) is 3.40. The van der Waals surface area contributed by atoms with Crippen LogP contribution in [-0.4, -0.2) is 30.6 Å². The van der Waals surface area contributed by atoms with E-state index < -0.39 is 0 Å². The van der Waals surface area contributed by atoms with Crippen molar-refractivity contribution in [1.82, 2.24) is 10.2 Å². The van der Waals surface area contributed by atoms with Gasteiger partial charge < -0.3 is 5.32 Å². The van der Waals surface area contributed by atoms with Crippen molar-refractivity contribution in [3.05, 3.63) is 21.3 Å². The van der Waals surface area contributed by atoms with Gasteiger partial charge >= 0.3 is 0 Å². The molecule has 5 heteroatoms. The molecule has 1 aliphatic heterocycles. The minimum Gasteiger partial charge on any atom is -0.315 e. The fraction of sp³-hybridized carbons (Fsp3) is 0.667. The smallest absolute Gasteiger partial charge is 0.0973 e. The Balaban J connectivity index is 0.00000144. The third-order valence-electron chi connectivity index (χ3n) is 3.13. The summed E-state index contributed by atoms with van der Waals surface area (Å²) in [6.45, 7) is 6.69. The average Bonchev–Trinajstić information content (AvgIpc) is 2.90. The summed E-state index contributed by atoms with van der Waals surface area (Å²) in [5.74, 6) is 0. The van der Waals surface area contributed by atoms with Crippen molar-refractivity contribution in [3.8, 4) is 0 Å². The van der Waals surface area contributed by atoms with Crippen molar-refractivity contribution >= 4 is 35.3 Å². The highest BCUT2D eigenvalue weighted by Crippen LogP contribution is 2.25. The van der Waals surface area contributed by atoms with E-state index in [2.05, 4.69) is 28.6 Å². The molecule has 0 aromatic carbocycles. The fourth-order valence-corrected chi connectivity index (χ4v) is 3.19. The minimum atomic E-state index is 0. The maximum absolute atomic E-state index is 6.17. The molecule has 1 atom stereocenters. The zero-order valence-corrected chi connectivity index (χ0v) is 12.5. The van der Waals surface area contributed by atoms with Crippen LogP contribution in [0.25, 0.3) is 0 Å². The summed E-state index contributed by atoms with van der Waals surface area (Å²) in [5, 5.41) is 5.51. The van der Waals surface area contributed by atoms with Crippen LogP contribution in [0.3, 0.4) is 0 Å². The van der Waals surface area contributed by atoms with Crippen molar-refractivity contribution in [1.29, 1.82) is 0 Å². The number of halogens is 2. The zero-order valence-electron chi connectivity index (χ0n) is 10.1. The number of hydrogen-bond donors (Lipinski definition) is 1. The maximum atomic E-state index is 6.17. The van der Waals surface area contributed by atoms with Crippen molar-refractivity contribution in [3.63, 3.8) is 0 Å². The summed E-state index contributed by atoms with van der Waals surface area (Å²) in [6, 6.07) is 2.84. The molecular weight excluding hydrogens is 275 g/mol. The second-order valence-electron chi connectivity index (χ2n) is 4.34. The lowest BCUT2D eigenvalue weighted by Crippen LogP contribution is -2.36. The summed E-state index contributed by atoms with van der Waals surface area (Å²) in [7, 11) is 0. The normalized spacial score (nSPS) is 19.6. The Morgan fingerprint density at radius 2 is 2.41 bits per heavy atom. The van der Waals surface area contributed by atoms with Crippen molar-refractivity contribution in [2.24, 2.45) is 0 Å². The SMILES string of the molecule is CCCN(Cc1ccsc1Cl)C1CCNC1.Cl. The Labute approximate surface area is 119 Å². The number of thiophene rings is 1. The molecule has 98 valence electrons. The molecule has 2 rings (SSSR count). The van der Waals surface area contributed by atoms with Gasteiger partial charge in [-0.05, 0) is 42.9 Å². The molecule has 1 aliphatic rings. The zero-order chi connectivity index (χ0) is 11.4. The van der Waals surface area contributed by atoms with Crippen LogP contribution >= 0.6 is 35.3 Å². The Morgan fingerprint density at radius 1 is 1.59 bits per heavy atom. The Kier molecular flexibility index (Phi) is 6.82. The highest BCUT2D eigenvalue weighted by Gasteiger charge is 2.22. The lowest BCUT2D eigenvalue weighted by molar-refractivity contribution is 0.200. The Morgan fingerprint density at radius 3 is 2.94 bits per heavy atom. The molecule has 0 spiro atoms.